The van der Waals surface area contributed by atoms with Crippen LogP contribution >= 0.6 is 11.6 Å². The SMILES string of the molecule is C[C@H](Oc1ccc(F)c(Cl)c1)C(=O)Nc1ccccc1F. The van der Waals surface area contributed by atoms with Gasteiger partial charge >= 0.3 is 0 Å². The smallest absolute Gasteiger partial charge is 0.265 e. The number of ether oxygens (including phenoxy) is 1. The number of hydrogen-bond acceptors (Lipinski definition) is 2. The molecule has 2 aromatic carbocycles. The number of halogens is 3. The van der Waals surface area contributed by atoms with Crippen molar-refractivity contribution < 1.29 is 18.3 Å². The van der Waals surface area contributed by atoms with Crippen LogP contribution in [0.2, 0.25) is 5.02 Å². The highest BCUT2D eigenvalue weighted by molar-refractivity contribution is 6.30. The minimum absolute atomic E-state index is 0.0649. The molecule has 1 N–H and O–H groups in total. The normalized spacial score (nSPS) is 11.8. The van der Waals surface area contributed by atoms with Crippen molar-refractivity contribution in [1.82, 2.24) is 0 Å². The van der Waals surface area contributed by atoms with Crippen LogP contribution in [-0.4, -0.2) is 12.0 Å². The number of anilines is 1. The Balaban J connectivity index is 2.02. The van der Waals surface area contributed by atoms with Gasteiger partial charge in [0, 0.05) is 6.07 Å². The van der Waals surface area contributed by atoms with Gasteiger partial charge in [-0.05, 0) is 31.2 Å². The lowest BCUT2D eigenvalue weighted by Gasteiger charge is -2.15. The molecule has 0 aliphatic rings. The van der Waals surface area contributed by atoms with Crippen molar-refractivity contribution in [2.45, 2.75) is 13.0 Å². The Morgan fingerprint density at radius 3 is 2.57 bits per heavy atom. The van der Waals surface area contributed by atoms with Crippen molar-refractivity contribution in [3.8, 4) is 5.75 Å². The van der Waals surface area contributed by atoms with E-state index in [9.17, 15) is 13.6 Å². The largest absolute Gasteiger partial charge is 0.481 e. The summed E-state index contributed by atoms with van der Waals surface area (Å²) in [5.41, 5.74) is 0.0649. The molecule has 1 atom stereocenters. The fraction of sp³-hybridized carbons (Fsp3) is 0.133. The summed E-state index contributed by atoms with van der Waals surface area (Å²) in [4.78, 5) is 11.9. The molecule has 0 heterocycles. The maximum atomic E-state index is 13.4. The fourth-order valence-electron chi connectivity index (χ4n) is 1.60. The zero-order valence-corrected chi connectivity index (χ0v) is 11.8. The molecule has 2 aromatic rings. The summed E-state index contributed by atoms with van der Waals surface area (Å²) in [6, 6.07) is 9.56. The molecule has 0 aliphatic heterocycles. The molecule has 0 bridgehead atoms. The lowest BCUT2D eigenvalue weighted by Crippen LogP contribution is -2.30. The minimum atomic E-state index is -0.897. The van der Waals surface area contributed by atoms with E-state index >= 15 is 0 Å². The highest BCUT2D eigenvalue weighted by Gasteiger charge is 2.16. The van der Waals surface area contributed by atoms with Gasteiger partial charge in [0.1, 0.15) is 17.4 Å². The van der Waals surface area contributed by atoms with E-state index in [1.807, 2.05) is 0 Å². The van der Waals surface area contributed by atoms with Crippen LogP contribution < -0.4 is 10.1 Å². The monoisotopic (exact) mass is 311 g/mol. The average molecular weight is 312 g/mol. The van der Waals surface area contributed by atoms with E-state index in [-0.39, 0.29) is 16.5 Å². The summed E-state index contributed by atoms with van der Waals surface area (Å²) in [5, 5.41) is 2.31. The Hall–Kier alpha value is -2.14. The minimum Gasteiger partial charge on any atom is -0.481 e. The maximum Gasteiger partial charge on any atom is 0.265 e. The number of carbonyl (C=O) groups is 1. The zero-order chi connectivity index (χ0) is 15.4. The predicted octanol–water partition coefficient (Wildman–Crippen LogP) is 4.02. The number of amides is 1. The highest BCUT2D eigenvalue weighted by atomic mass is 35.5. The lowest BCUT2D eigenvalue weighted by atomic mass is 10.2. The van der Waals surface area contributed by atoms with Crippen LogP contribution in [0, 0.1) is 11.6 Å². The van der Waals surface area contributed by atoms with Gasteiger partial charge in [0.25, 0.3) is 5.91 Å². The third-order valence-corrected chi connectivity index (χ3v) is 2.99. The Bertz CT molecular complexity index is 664. The molecular weight excluding hydrogens is 300 g/mol. The van der Waals surface area contributed by atoms with Crippen molar-refractivity contribution in [2.75, 3.05) is 5.32 Å². The molecule has 0 aromatic heterocycles. The summed E-state index contributed by atoms with van der Waals surface area (Å²) in [6.07, 6.45) is -0.897. The van der Waals surface area contributed by atoms with Gasteiger partial charge in [0.05, 0.1) is 10.7 Å². The maximum absolute atomic E-state index is 13.4. The van der Waals surface area contributed by atoms with Gasteiger partial charge in [-0.25, -0.2) is 8.78 Å². The van der Waals surface area contributed by atoms with E-state index in [2.05, 4.69) is 5.32 Å². The number of rotatable bonds is 4. The first kappa shape index (κ1) is 15.3. The first-order valence-electron chi connectivity index (χ1n) is 6.14. The summed E-state index contributed by atoms with van der Waals surface area (Å²) in [7, 11) is 0. The second-order valence-corrected chi connectivity index (χ2v) is 4.71. The third kappa shape index (κ3) is 3.92. The van der Waals surface area contributed by atoms with E-state index in [1.165, 1.54) is 37.3 Å². The van der Waals surface area contributed by atoms with Crippen molar-refractivity contribution in [3.63, 3.8) is 0 Å². The molecule has 110 valence electrons. The van der Waals surface area contributed by atoms with Crippen LogP contribution in [0.25, 0.3) is 0 Å². The molecule has 6 heteroatoms. The van der Waals surface area contributed by atoms with E-state index in [0.29, 0.717) is 0 Å². The van der Waals surface area contributed by atoms with Crippen LogP contribution in [0.15, 0.2) is 42.5 Å². The van der Waals surface area contributed by atoms with Gasteiger partial charge in [-0.2, -0.15) is 0 Å². The number of nitrogens with one attached hydrogen (secondary N) is 1. The molecular formula is C15H12ClF2NO2. The topological polar surface area (TPSA) is 38.3 Å². The number of para-hydroxylation sites is 1. The van der Waals surface area contributed by atoms with Crippen LogP contribution in [0.3, 0.4) is 0 Å². The van der Waals surface area contributed by atoms with Crippen molar-refractivity contribution in [3.05, 3.63) is 59.1 Å². The first-order chi connectivity index (χ1) is 9.97. The molecule has 0 saturated heterocycles. The summed E-state index contributed by atoms with van der Waals surface area (Å²) >= 11 is 5.62. The van der Waals surface area contributed by atoms with Crippen molar-refractivity contribution in [2.24, 2.45) is 0 Å². The van der Waals surface area contributed by atoms with Crippen LogP contribution in [0.5, 0.6) is 5.75 Å². The van der Waals surface area contributed by atoms with Crippen molar-refractivity contribution in [1.29, 1.82) is 0 Å². The van der Waals surface area contributed by atoms with Gasteiger partial charge in [-0.1, -0.05) is 23.7 Å². The van der Waals surface area contributed by atoms with Gasteiger partial charge in [-0.15, -0.1) is 0 Å². The summed E-state index contributed by atoms with van der Waals surface area (Å²) in [5.74, 6) is -1.39. The lowest BCUT2D eigenvalue weighted by molar-refractivity contribution is -0.122. The number of benzene rings is 2. The quantitative estimate of drug-likeness (QED) is 0.926. The Labute approximate surface area is 125 Å². The second kappa shape index (κ2) is 6.54. The first-order valence-corrected chi connectivity index (χ1v) is 6.52. The Morgan fingerprint density at radius 1 is 1.19 bits per heavy atom. The van der Waals surface area contributed by atoms with Crippen LogP contribution in [0.4, 0.5) is 14.5 Å². The summed E-state index contributed by atoms with van der Waals surface area (Å²) < 4.78 is 31.8. The molecule has 0 unspecified atom stereocenters. The van der Waals surface area contributed by atoms with E-state index in [0.717, 1.165) is 6.07 Å². The Morgan fingerprint density at radius 2 is 1.90 bits per heavy atom. The predicted molar refractivity (Wildman–Crippen MR) is 76.5 cm³/mol. The Kier molecular flexibility index (Phi) is 4.75. The van der Waals surface area contributed by atoms with E-state index in [1.54, 1.807) is 6.07 Å². The molecule has 3 nitrogen and oxygen atoms in total. The van der Waals surface area contributed by atoms with Crippen LogP contribution in [-0.2, 0) is 4.79 Å². The van der Waals surface area contributed by atoms with Gasteiger partial charge in [-0.3, -0.25) is 4.79 Å². The molecule has 0 radical (unpaired) electrons. The van der Waals surface area contributed by atoms with E-state index in [4.69, 9.17) is 16.3 Å². The highest BCUT2D eigenvalue weighted by Crippen LogP contribution is 2.22. The van der Waals surface area contributed by atoms with Crippen molar-refractivity contribution >= 4 is 23.2 Å². The molecule has 0 spiro atoms. The molecule has 0 saturated carbocycles. The fourth-order valence-corrected chi connectivity index (χ4v) is 1.78. The number of hydrogen-bond donors (Lipinski definition) is 1. The van der Waals surface area contributed by atoms with Gasteiger partial charge in [0.15, 0.2) is 6.10 Å². The van der Waals surface area contributed by atoms with E-state index < -0.39 is 23.6 Å². The third-order valence-electron chi connectivity index (χ3n) is 2.70. The zero-order valence-electron chi connectivity index (χ0n) is 11.1. The standard InChI is InChI=1S/C15H12ClF2NO2/c1-9(21-10-6-7-12(17)11(16)8-10)15(20)19-14-5-3-2-4-13(14)18/h2-9H,1H3,(H,19,20)/t9-/m0/s1. The molecule has 0 aliphatic carbocycles. The molecule has 2 rings (SSSR count). The van der Waals surface area contributed by atoms with Gasteiger partial charge < -0.3 is 10.1 Å². The molecule has 0 fully saturated rings. The average Bonchev–Trinajstić information content (AvgIpc) is 2.45. The van der Waals surface area contributed by atoms with Gasteiger partial charge in [0.2, 0.25) is 0 Å². The summed E-state index contributed by atoms with van der Waals surface area (Å²) in [6.45, 7) is 1.49. The van der Waals surface area contributed by atoms with Crippen LogP contribution in [0.1, 0.15) is 6.92 Å². The number of carbonyl (C=O) groups excluding carboxylic acids is 1. The molecule has 1 amide bonds. The molecule has 21 heavy (non-hydrogen) atoms. The second-order valence-electron chi connectivity index (χ2n) is 4.31.